The lowest BCUT2D eigenvalue weighted by Crippen LogP contribution is -2.46. The highest BCUT2D eigenvalue weighted by molar-refractivity contribution is 5.74. The van der Waals surface area contributed by atoms with Crippen molar-refractivity contribution in [2.45, 2.75) is 51.5 Å². The standard InChI is InChI=1S/C15H29N3O/c1-13-6-11-18(12-7-13)15(19)17(2)10-8-14-5-3-4-9-16-14/h13-14,16H,3-12H2,1-2H3. The van der Waals surface area contributed by atoms with Gasteiger partial charge in [0.05, 0.1) is 0 Å². The lowest BCUT2D eigenvalue weighted by atomic mass is 9.99. The zero-order chi connectivity index (χ0) is 13.7. The first-order chi connectivity index (χ1) is 9.16. The van der Waals surface area contributed by atoms with E-state index >= 15 is 0 Å². The summed E-state index contributed by atoms with van der Waals surface area (Å²) in [6, 6.07) is 0.841. The summed E-state index contributed by atoms with van der Waals surface area (Å²) in [5.74, 6) is 0.779. The van der Waals surface area contributed by atoms with Crippen molar-refractivity contribution < 1.29 is 4.79 Å². The number of nitrogens with one attached hydrogen (secondary N) is 1. The molecule has 2 saturated heterocycles. The van der Waals surface area contributed by atoms with Gasteiger partial charge in [0.1, 0.15) is 0 Å². The van der Waals surface area contributed by atoms with Crippen LogP contribution in [-0.2, 0) is 0 Å². The summed E-state index contributed by atoms with van der Waals surface area (Å²) in [6.07, 6.45) is 7.31. The van der Waals surface area contributed by atoms with Crippen molar-refractivity contribution in [2.75, 3.05) is 33.2 Å². The minimum absolute atomic E-state index is 0.225. The maximum atomic E-state index is 12.3. The van der Waals surface area contributed by atoms with E-state index in [-0.39, 0.29) is 6.03 Å². The summed E-state index contributed by atoms with van der Waals surface area (Å²) in [6.45, 7) is 6.17. The number of hydrogen-bond acceptors (Lipinski definition) is 2. The smallest absolute Gasteiger partial charge is 0.319 e. The molecule has 2 aliphatic heterocycles. The molecule has 0 aromatic heterocycles. The summed E-state index contributed by atoms with van der Waals surface area (Å²) in [4.78, 5) is 16.2. The van der Waals surface area contributed by atoms with Crippen LogP contribution >= 0.6 is 0 Å². The first-order valence-electron chi connectivity index (χ1n) is 7.90. The Bertz CT molecular complexity index is 281. The molecule has 2 amide bonds. The van der Waals surface area contributed by atoms with Crippen molar-refractivity contribution in [1.29, 1.82) is 0 Å². The minimum atomic E-state index is 0.225. The van der Waals surface area contributed by atoms with Crippen LogP contribution in [0.25, 0.3) is 0 Å². The van der Waals surface area contributed by atoms with Crippen molar-refractivity contribution >= 4 is 6.03 Å². The van der Waals surface area contributed by atoms with Gasteiger partial charge in [-0.2, -0.15) is 0 Å². The molecular weight excluding hydrogens is 238 g/mol. The van der Waals surface area contributed by atoms with Gasteiger partial charge in [-0.15, -0.1) is 0 Å². The molecule has 2 aliphatic rings. The van der Waals surface area contributed by atoms with E-state index in [1.807, 2.05) is 16.8 Å². The second kappa shape index (κ2) is 7.13. The van der Waals surface area contributed by atoms with Crippen LogP contribution in [0.3, 0.4) is 0 Å². The molecule has 0 aromatic carbocycles. The highest BCUT2D eigenvalue weighted by atomic mass is 16.2. The SMILES string of the molecule is CC1CCN(C(=O)N(C)CCC2CCCCN2)CC1. The van der Waals surface area contributed by atoms with Crippen molar-refractivity contribution in [2.24, 2.45) is 5.92 Å². The van der Waals surface area contributed by atoms with E-state index in [2.05, 4.69) is 12.2 Å². The maximum Gasteiger partial charge on any atom is 0.319 e. The van der Waals surface area contributed by atoms with Gasteiger partial charge in [0.15, 0.2) is 0 Å². The normalized spacial score (nSPS) is 25.4. The first kappa shape index (κ1) is 14.6. The van der Waals surface area contributed by atoms with Crippen LogP contribution in [0, 0.1) is 5.92 Å². The molecule has 2 fully saturated rings. The molecule has 0 radical (unpaired) electrons. The summed E-state index contributed by atoms with van der Waals surface area (Å²) >= 11 is 0. The Kier molecular flexibility index (Phi) is 5.49. The van der Waals surface area contributed by atoms with Gasteiger partial charge in [-0.05, 0) is 44.6 Å². The molecule has 110 valence electrons. The molecule has 0 aromatic rings. The Hall–Kier alpha value is -0.770. The lowest BCUT2D eigenvalue weighted by molar-refractivity contribution is 0.141. The molecule has 0 aliphatic carbocycles. The number of amides is 2. The summed E-state index contributed by atoms with van der Waals surface area (Å²) in [5.41, 5.74) is 0. The number of piperidine rings is 2. The molecule has 0 spiro atoms. The fourth-order valence-corrected chi connectivity index (χ4v) is 3.06. The average Bonchev–Trinajstić information content (AvgIpc) is 2.46. The maximum absolute atomic E-state index is 12.3. The van der Waals surface area contributed by atoms with Crippen LogP contribution in [0.15, 0.2) is 0 Å². The molecule has 4 heteroatoms. The number of nitrogens with zero attached hydrogens (tertiary/aromatic N) is 2. The van der Waals surface area contributed by atoms with Crippen LogP contribution in [0.1, 0.15) is 45.4 Å². The van der Waals surface area contributed by atoms with E-state index in [0.29, 0.717) is 6.04 Å². The zero-order valence-corrected chi connectivity index (χ0v) is 12.5. The third-order valence-electron chi connectivity index (χ3n) is 4.61. The Morgan fingerprint density at radius 2 is 2.00 bits per heavy atom. The lowest BCUT2D eigenvalue weighted by Gasteiger charge is -2.34. The van der Waals surface area contributed by atoms with Gasteiger partial charge >= 0.3 is 6.03 Å². The number of carbonyl (C=O) groups is 1. The van der Waals surface area contributed by atoms with Crippen molar-refractivity contribution in [3.63, 3.8) is 0 Å². The van der Waals surface area contributed by atoms with E-state index in [1.54, 1.807) is 0 Å². The number of rotatable bonds is 3. The minimum Gasteiger partial charge on any atom is -0.328 e. The topological polar surface area (TPSA) is 35.6 Å². The number of hydrogen-bond donors (Lipinski definition) is 1. The molecule has 1 atom stereocenters. The molecule has 19 heavy (non-hydrogen) atoms. The number of carbonyl (C=O) groups excluding carboxylic acids is 1. The molecule has 4 nitrogen and oxygen atoms in total. The fraction of sp³-hybridized carbons (Fsp3) is 0.933. The van der Waals surface area contributed by atoms with E-state index in [9.17, 15) is 4.79 Å². The van der Waals surface area contributed by atoms with Crippen LogP contribution in [-0.4, -0.2) is 55.1 Å². The Balaban J connectivity index is 1.69. The quantitative estimate of drug-likeness (QED) is 0.851. The Morgan fingerprint density at radius 1 is 1.26 bits per heavy atom. The van der Waals surface area contributed by atoms with Gasteiger partial charge in [-0.3, -0.25) is 0 Å². The molecule has 0 bridgehead atoms. The zero-order valence-electron chi connectivity index (χ0n) is 12.5. The van der Waals surface area contributed by atoms with Gasteiger partial charge in [-0.1, -0.05) is 13.3 Å². The van der Waals surface area contributed by atoms with Gasteiger partial charge in [0.25, 0.3) is 0 Å². The molecule has 1 unspecified atom stereocenters. The predicted molar refractivity (Wildman–Crippen MR) is 78.3 cm³/mol. The molecule has 2 heterocycles. The van der Waals surface area contributed by atoms with Crippen molar-refractivity contribution in [1.82, 2.24) is 15.1 Å². The first-order valence-corrected chi connectivity index (χ1v) is 7.90. The van der Waals surface area contributed by atoms with E-state index in [0.717, 1.165) is 51.4 Å². The van der Waals surface area contributed by atoms with Crippen LogP contribution < -0.4 is 5.32 Å². The van der Waals surface area contributed by atoms with E-state index in [4.69, 9.17) is 0 Å². The molecule has 1 N–H and O–H groups in total. The van der Waals surface area contributed by atoms with Crippen molar-refractivity contribution in [3.8, 4) is 0 Å². The van der Waals surface area contributed by atoms with Crippen LogP contribution in [0.2, 0.25) is 0 Å². The van der Waals surface area contributed by atoms with Crippen LogP contribution in [0.4, 0.5) is 4.79 Å². The van der Waals surface area contributed by atoms with Crippen LogP contribution in [0.5, 0.6) is 0 Å². The summed E-state index contributed by atoms with van der Waals surface area (Å²) in [7, 11) is 1.95. The van der Waals surface area contributed by atoms with Gasteiger partial charge in [0.2, 0.25) is 0 Å². The molecular formula is C15H29N3O. The molecule has 2 rings (SSSR count). The Morgan fingerprint density at radius 3 is 2.63 bits per heavy atom. The van der Waals surface area contributed by atoms with E-state index in [1.165, 1.54) is 19.3 Å². The van der Waals surface area contributed by atoms with Crippen molar-refractivity contribution in [3.05, 3.63) is 0 Å². The van der Waals surface area contributed by atoms with Gasteiger partial charge < -0.3 is 15.1 Å². The third-order valence-corrected chi connectivity index (χ3v) is 4.61. The summed E-state index contributed by atoms with van der Waals surface area (Å²) in [5, 5.41) is 3.55. The largest absolute Gasteiger partial charge is 0.328 e. The van der Waals surface area contributed by atoms with Gasteiger partial charge in [-0.25, -0.2) is 4.79 Å². The summed E-state index contributed by atoms with van der Waals surface area (Å²) < 4.78 is 0. The van der Waals surface area contributed by atoms with E-state index < -0.39 is 0 Å². The monoisotopic (exact) mass is 267 g/mol. The highest BCUT2D eigenvalue weighted by Gasteiger charge is 2.23. The fourth-order valence-electron chi connectivity index (χ4n) is 3.06. The average molecular weight is 267 g/mol. The Labute approximate surface area is 117 Å². The highest BCUT2D eigenvalue weighted by Crippen LogP contribution is 2.17. The third kappa shape index (κ3) is 4.37. The van der Waals surface area contributed by atoms with Gasteiger partial charge in [0, 0.05) is 32.7 Å². The predicted octanol–water partition coefficient (Wildman–Crippen LogP) is 2.30. The number of likely N-dealkylation sites (tertiary alicyclic amines) is 1. The number of urea groups is 1. The molecule has 0 saturated carbocycles. The second-order valence-corrected chi connectivity index (χ2v) is 6.31. The second-order valence-electron chi connectivity index (χ2n) is 6.31.